The third kappa shape index (κ3) is 2.23. The maximum atomic E-state index is 13.6. The number of benzene rings is 1. The molecule has 6 heteroatoms. The number of thiocarbonyl (C=S) groups is 1. The molecule has 0 atom stereocenters. The number of rotatable bonds is 2. The topological polar surface area (TPSA) is 32.3 Å². The van der Waals surface area contributed by atoms with Gasteiger partial charge in [-0.1, -0.05) is 17.7 Å². The van der Waals surface area contributed by atoms with E-state index in [2.05, 4.69) is 5.32 Å². The van der Waals surface area contributed by atoms with Crippen LogP contribution in [0.4, 0.5) is 4.39 Å². The summed E-state index contributed by atoms with van der Waals surface area (Å²) in [6, 6.07) is 4.35. The highest BCUT2D eigenvalue weighted by atomic mass is 35.5. The van der Waals surface area contributed by atoms with Gasteiger partial charge in [0, 0.05) is 12.1 Å². The summed E-state index contributed by atoms with van der Waals surface area (Å²) in [5, 5.41) is 3.32. The van der Waals surface area contributed by atoms with Crippen molar-refractivity contribution in [3.05, 3.63) is 40.3 Å². The first kappa shape index (κ1) is 13.0. The van der Waals surface area contributed by atoms with Gasteiger partial charge in [-0.25, -0.2) is 4.39 Å². The van der Waals surface area contributed by atoms with Gasteiger partial charge in [-0.3, -0.25) is 9.69 Å². The molecule has 1 heterocycles. The summed E-state index contributed by atoms with van der Waals surface area (Å²) >= 11 is 10.9. The van der Waals surface area contributed by atoms with Crippen LogP contribution in [-0.2, 0) is 4.79 Å². The van der Waals surface area contributed by atoms with Gasteiger partial charge in [0.05, 0.1) is 5.02 Å². The summed E-state index contributed by atoms with van der Waals surface area (Å²) in [6.07, 6.45) is 1.38. The van der Waals surface area contributed by atoms with Gasteiger partial charge in [-0.05, 0) is 37.4 Å². The summed E-state index contributed by atoms with van der Waals surface area (Å²) in [6.45, 7) is 2.28. The number of nitrogens with zero attached hydrogens (tertiary/aromatic N) is 1. The van der Waals surface area contributed by atoms with Crippen molar-refractivity contribution in [1.82, 2.24) is 10.2 Å². The highest BCUT2D eigenvalue weighted by Gasteiger charge is 2.29. The van der Waals surface area contributed by atoms with E-state index in [0.29, 0.717) is 11.7 Å². The first-order valence-electron chi connectivity index (χ1n) is 5.33. The molecule has 1 fully saturated rings. The van der Waals surface area contributed by atoms with Crippen LogP contribution in [0.1, 0.15) is 12.5 Å². The zero-order valence-electron chi connectivity index (χ0n) is 9.54. The molecule has 18 heavy (non-hydrogen) atoms. The second kappa shape index (κ2) is 5.04. The normalized spacial score (nSPS) is 17.5. The van der Waals surface area contributed by atoms with Gasteiger partial charge in [0.15, 0.2) is 5.11 Å². The van der Waals surface area contributed by atoms with Gasteiger partial charge in [-0.2, -0.15) is 0 Å². The summed E-state index contributed by atoms with van der Waals surface area (Å²) in [5.74, 6) is -0.757. The largest absolute Gasteiger partial charge is 0.328 e. The monoisotopic (exact) mass is 284 g/mol. The van der Waals surface area contributed by atoms with E-state index in [9.17, 15) is 9.18 Å². The highest BCUT2D eigenvalue weighted by molar-refractivity contribution is 7.80. The Morgan fingerprint density at radius 1 is 1.56 bits per heavy atom. The zero-order chi connectivity index (χ0) is 13.3. The minimum atomic E-state index is -0.481. The fourth-order valence-corrected chi connectivity index (χ4v) is 2.19. The minimum Gasteiger partial charge on any atom is -0.328 e. The summed E-state index contributed by atoms with van der Waals surface area (Å²) < 4.78 is 13.6. The highest BCUT2D eigenvalue weighted by Crippen LogP contribution is 2.23. The van der Waals surface area contributed by atoms with Crippen molar-refractivity contribution in [2.45, 2.75) is 6.92 Å². The van der Waals surface area contributed by atoms with Gasteiger partial charge in [0.25, 0.3) is 5.91 Å². The summed E-state index contributed by atoms with van der Waals surface area (Å²) in [5.41, 5.74) is 0.407. The molecule has 1 N–H and O–H groups in total. The molecule has 2 rings (SSSR count). The van der Waals surface area contributed by atoms with Crippen LogP contribution in [-0.4, -0.2) is 22.5 Å². The molecule has 1 aromatic rings. The van der Waals surface area contributed by atoms with E-state index in [1.54, 1.807) is 6.07 Å². The standard InChI is InChI=1S/C12H10ClFN2OS/c1-2-16-11(17)10(15-12(16)18)6-7-8(13)4-3-5-9(7)14/h3-6H,2H2,1H3,(H,15,18)/b10-6+. The second-order valence-electron chi connectivity index (χ2n) is 3.67. The summed E-state index contributed by atoms with van der Waals surface area (Å²) in [7, 11) is 0. The van der Waals surface area contributed by atoms with E-state index in [-0.39, 0.29) is 22.2 Å². The van der Waals surface area contributed by atoms with E-state index in [1.807, 2.05) is 6.92 Å². The minimum absolute atomic E-state index is 0.177. The first-order valence-corrected chi connectivity index (χ1v) is 6.11. The van der Waals surface area contributed by atoms with Crippen LogP contribution < -0.4 is 5.32 Å². The molecule has 1 aromatic carbocycles. The van der Waals surface area contributed by atoms with Crippen molar-refractivity contribution in [3.63, 3.8) is 0 Å². The van der Waals surface area contributed by atoms with Crippen LogP contribution >= 0.6 is 23.8 Å². The van der Waals surface area contributed by atoms with E-state index in [0.717, 1.165) is 0 Å². The third-order valence-electron chi connectivity index (χ3n) is 2.57. The third-order valence-corrected chi connectivity index (χ3v) is 3.22. The molecular weight excluding hydrogens is 275 g/mol. The Morgan fingerprint density at radius 2 is 2.28 bits per heavy atom. The fraction of sp³-hybridized carbons (Fsp3) is 0.167. The number of hydrogen-bond acceptors (Lipinski definition) is 2. The second-order valence-corrected chi connectivity index (χ2v) is 4.47. The van der Waals surface area contributed by atoms with E-state index in [4.69, 9.17) is 23.8 Å². The van der Waals surface area contributed by atoms with Crippen LogP contribution in [0.15, 0.2) is 23.9 Å². The molecule has 0 aliphatic carbocycles. The Kier molecular flexibility index (Phi) is 3.63. The molecule has 0 saturated carbocycles. The molecule has 0 radical (unpaired) electrons. The lowest BCUT2D eigenvalue weighted by Gasteiger charge is -2.08. The average Bonchev–Trinajstić information content (AvgIpc) is 2.59. The quantitative estimate of drug-likeness (QED) is 0.669. The maximum Gasteiger partial charge on any atom is 0.276 e. The van der Waals surface area contributed by atoms with E-state index in [1.165, 1.54) is 23.1 Å². The number of halogens is 2. The van der Waals surface area contributed by atoms with Crippen LogP contribution in [0, 0.1) is 5.82 Å². The Bertz CT molecular complexity index is 539. The van der Waals surface area contributed by atoms with Crippen molar-refractivity contribution in [3.8, 4) is 0 Å². The molecule has 1 aliphatic rings. The van der Waals surface area contributed by atoms with Crippen molar-refractivity contribution in [2.24, 2.45) is 0 Å². The van der Waals surface area contributed by atoms with Gasteiger partial charge >= 0.3 is 0 Å². The van der Waals surface area contributed by atoms with Crippen LogP contribution in [0.3, 0.4) is 0 Å². The molecule has 1 aliphatic heterocycles. The Morgan fingerprint density at radius 3 is 2.83 bits per heavy atom. The van der Waals surface area contributed by atoms with Crippen molar-refractivity contribution in [1.29, 1.82) is 0 Å². The van der Waals surface area contributed by atoms with Crippen LogP contribution in [0.25, 0.3) is 6.08 Å². The van der Waals surface area contributed by atoms with E-state index >= 15 is 0 Å². The predicted molar refractivity (Wildman–Crippen MR) is 72.5 cm³/mol. The molecular formula is C12H10ClFN2OS. The molecule has 0 bridgehead atoms. The lowest BCUT2D eigenvalue weighted by molar-refractivity contribution is -0.122. The number of likely N-dealkylation sites (N-methyl/N-ethyl adjacent to an activating group) is 1. The molecule has 1 amide bonds. The van der Waals surface area contributed by atoms with Gasteiger partial charge in [-0.15, -0.1) is 0 Å². The van der Waals surface area contributed by atoms with Gasteiger partial charge in [0.1, 0.15) is 11.5 Å². The zero-order valence-corrected chi connectivity index (χ0v) is 11.1. The van der Waals surface area contributed by atoms with Crippen molar-refractivity contribution in [2.75, 3.05) is 6.54 Å². The lowest BCUT2D eigenvalue weighted by Crippen LogP contribution is -2.30. The van der Waals surface area contributed by atoms with Crippen LogP contribution in [0.2, 0.25) is 5.02 Å². The van der Waals surface area contributed by atoms with Gasteiger partial charge in [0.2, 0.25) is 0 Å². The predicted octanol–water partition coefficient (Wildman–Crippen LogP) is 2.56. The Hall–Kier alpha value is -1.46. The Balaban J connectivity index is 2.41. The molecule has 94 valence electrons. The number of nitrogens with one attached hydrogen (secondary N) is 1. The number of carbonyl (C=O) groups is 1. The smallest absolute Gasteiger partial charge is 0.276 e. The van der Waals surface area contributed by atoms with Gasteiger partial charge < -0.3 is 5.32 Å². The summed E-state index contributed by atoms with van der Waals surface area (Å²) in [4.78, 5) is 13.3. The molecule has 1 saturated heterocycles. The lowest BCUT2D eigenvalue weighted by atomic mass is 10.1. The number of carbonyl (C=O) groups excluding carboxylic acids is 1. The molecule has 3 nitrogen and oxygen atoms in total. The number of hydrogen-bond donors (Lipinski definition) is 1. The molecule has 0 spiro atoms. The van der Waals surface area contributed by atoms with Crippen LogP contribution in [0.5, 0.6) is 0 Å². The fourth-order valence-electron chi connectivity index (χ4n) is 1.65. The molecule has 0 unspecified atom stereocenters. The maximum absolute atomic E-state index is 13.6. The first-order chi connectivity index (χ1) is 8.54. The van der Waals surface area contributed by atoms with Crippen molar-refractivity contribution < 1.29 is 9.18 Å². The number of amides is 1. The average molecular weight is 285 g/mol. The Labute approximate surface area is 114 Å². The van der Waals surface area contributed by atoms with Crippen molar-refractivity contribution >= 4 is 40.9 Å². The SMILES string of the molecule is CCN1C(=O)/C(=C\c2c(F)cccc2Cl)NC1=S. The molecule has 0 aromatic heterocycles. The van der Waals surface area contributed by atoms with E-state index < -0.39 is 5.82 Å².